The van der Waals surface area contributed by atoms with Crippen molar-refractivity contribution in [2.75, 3.05) is 0 Å². The van der Waals surface area contributed by atoms with E-state index in [0.717, 1.165) is 18.5 Å². The van der Waals surface area contributed by atoms with Crippen molar-refractivity contribution in [1.29, 1.82) is 0 Å². The number of carbonyl (C=O) groups excluding carboxylic acids is 1. The highest BCUT2D eigenvalue weighted by atomic mass is 16.3. The summed E-state index contributed by atoms with van der Waals surface area (Å²) in [5.41, 5.74) is 2.37. The monoisotopic (exact) mass is 230 g/mol. The van der Waals surface area contributed by atoms with Crippen molar-refractivity contribution in [3.63, 3.8) is 0 Å². The molecule has 2 aromatic heterocycles. The molecule has 0 spiro atoms. The van der Waals surface area contributed by atoms with Crippen LogP contribution in [0, 0.1) is 0 Å². The Morgan fingerprint density at radius 3 is 3.12 bits per heavy atom. The molecule has 3 rings (SSSR count). The lowest BCUT2D eigenvalue weighted by Gasteiger charge is -2.13. The summed E-state index contributed by atoms with van der Waals surface area (Å²) in [4.78, 5) is 16.3. The molecule has 0 saturated carbocycles. The maximum atomic E-state index is 11.9. The summed E-state index contributed by atoms with van der Waals surface area (Å²) in [6, 6.07) is 3.43. The molecule has 0 fully saturated rings. The van der Waals surface area contributed by atoms with Crippen LogP contribution < -0.4 is 0 Å². The van der Waals surface area contributed by atoms with Crippen LogP contribution in [0.15, 0.2) is 29.1 Å². The second-order valence-electron chi connectivity index (χ2n) is 4.37. The second-order valence-corrected chi connectivity index (χ2v) is 4.37. The van der Waals surface area contributed by atoms with Gasteiger partial charge in [-0.15, -0.1) is 0 Å². The smallest absolute Gasteiger partial charge is 0.217 e. The van der Waals surface area contributed by atoms with Gasteiger partial charge in [-0.05, 0) is 37.8 Å². The third-order valence-corrected chi connectivity index (χ3v) is 3.22. The molecule has 1 aliphatic carbocycles. The highest BCUT2D eigenvalue weighted by molar-refractivity contribution is 5.93. The van der Waals surface area contributed by atoms with Gasteiger partial charge in [-0.1, -0.05) is 0 Å². The Hall–Kier alpha value is -1.84. The lowest BCUT2D eigenvalue weighted by molar-refractivity contribution is 0.0944. The number of fused-ring (bicyclic) bond motifs is 1. The van der Waals surface area contributed by atoms with Crippen LogP contribution >= 0.6 is 0 Å². The molecule has 1 aliphatic rings. The zero-order chi connectivity index (χ0) is 11.7. The maximum absolute atomic E-state index is 11.9. The molecule has 2 heterocycles. The van der Waals surface area contributed by atoms with E-state index in [0.29, 0.717) is 12.3 Å². The van der Waals surface area contributed by atoms with Gasteiger partial charge >= 0.3 is 0 Å². The number of Topliss-reactive ketones (excluding diaryl/α,β-unsaturated/α-hetero) is 1. The van der Waals surface area contributed by atoms with Gasteiger partial charge in [0.2, 0.25) is 5.78 Å². The third kappa shape index (κ3) is 1.90. The first-order valence-electron chi connectivity index (χ1n) is 5.94. The molecule has 4 nitrogen and oxygen atoms in total. The molecule has 0 aromatic carbocycles. The molecule has 0 radical (unpaired) electrons. The quantitative estimate of drug-likeness (QED) is 0.760. The molecule has 0 bridgehead atoms. The number of aromatic nitrogens is 2. The summed E-state index contributed by atoms with van der Waals surface area (Å²) in [5, 5.41) is 0. The predicted molar refractivity (Wildman–Crippen MR) is 61.9 cm³/mol. The van der Waals surface area contributed by atoms with Crippen LogP contribution in [0.1, 0.15) is 34.8 Å². The molecule has 17 heavy (non-hydrogen) atoms. The van der Waals surface area contributed by atoms with Gasteiger partial charge in [-0.2, -0.15) is 0 Å². The van der Waals surface area contributed by atoms with Crippen LogP contribution in [0.25, 0.3) is 0 Å². The van der Waals surface area contributed by atoms with Crippen LogP contribution in [0.3, 0.4) is 0 Å². The van der Waals surface area contributed by atoms with E-state index in [-0.39, 0.29) is 5.78 Å². The first kappa shape index (κ1) is 10.3. The number of nitrogens with zero attached hydrogens (tertiary/aromatic N) is 2. The van der Waals surface area contributed by atoms with E-state index in [4.69, 9.17) is 4.42 Å². The summed E-state index contributed by atoms with van der Waals surface area (Å²) in [5.74, 6) is 0.420. The second kappa shape index (κ2) is 4.20. The summed E-state index contributed by atoms with van der Waals surface area (Å²) < 4.78 is 7.06. The van der Waals surface area contributed by atoms with Crippen molar-refractivity contribution in [3.8, 4) is 0 Å². The molecule has 0 aliphatic heterocycles. The Kier molecular flexibility index (Phi) is 2.55. The first-order valence-corrected chi connectivity index (χ1v) is 5.94. The molecule has 0 N–H and O–H groups in total. The first-order chi connectivity index (χ1) is 8.34. The number of furan rings is 1. The van der Waals surface area contributed by atoms with Gasteiger partial charge in [0, 0.05) is 5.69 Å². The molecule has 0 saturated heterocycles. The number of ketones is 1. The number of rotatable bonds is 3. The highest BCUT2D eigenvalue weighted by Gasteiger charge is 2.17. The molecule has 0 unspecified atom stereocenters. The number of imidazole rings is 1. The van der Waals surface area contributed by atoms with Gasteiger partial charge < -0.3 is 8.98 Å². The van der Waals surface area contributed by atoms with E-state index in [1.165, 1.54) is 24.8 Å². The van der Waals surface area contributed by atoms with Crippen LogP contribution in [0.4, 0.5) is 0 Å². The zero-order valence-corrected chi connectivity index (χ0v) is 9.56. The van der Waals surface area contributed by atoms with Crippen molar-refractivity contribution in [1.82, 2.24) is 9.55 Å². The van der Waals surface area contributed by atoms with Crippen LogP contribution in [0.2, 0.25) is 0 Å². The van der Waals surface area contributed by atoms with E-state index in [1.54, 1.807) is 18.5 Å². The van der Waals surface area contributed by atoms with Crippen LogP contribution in [0.5, 0.6) is 0 Å². The van der Waals surface area contributed by atoms with E-state index in [2.05, 4.69) is 4.98 Å². The van der Waals surface area contributed by atoms with Crippen LogP contribution in [-0.2, 0) is 19.4 Å². The summed E-state index contributed by atoms with van der Waals surface area (Å²) >= 11 is 0. The Morgan fingerprint density at radius 1 is 1.41 bits per heavy atom. The number of carbonyl (C=O) groups is 1. The molecular weight excluding hydrogens is 216 g/mol. The van der Waals surface area contributed by atoms with Crippen LogP contribution in [-0.4, -0.2) is 15.3 Å². The molecule has 0 amide bonds. The SMILES string of the molecule is O=C(Cn1cnc2c1CCCC2)c1ccco1. The van der Waals surface area contributed by atoms with E-state index in [1.807, 2.05) is 4.57 Å². The molecule has 0 atom stereocenters. The van der Waals surface area contributed by atoms with E-state index < -0.39 is 0 Å². The molecule has 88 valence electrons. The van der Waals surface area contributed by atoms with Crippen molar-refractivity contribution >= 4 is 5.78 Å². The lowest BCUT2D eigenvalue weighted by atomic mass is 10.0. The number of hydrogen-bond acceptors (Lipinski definition) is 3. The number of aryl methyl sites for hydroxylation is 1. The molecular formula is C13H14N2O2. The Labute approximate surface area is 99.3 Å². The predicted octanol–water partition coefficient (Wildman–Crippen LogP) is 2.24. The average molecular weight is 230 g/mol. The summed E-state index contributed by atoms with van der Waals surface area (Å²) in [7, 11) is 0. The van der Waals surface area contributed by atoms with Gasteiger partial charge in [0.1, 0.15) is 0 Å². The van der Waals surface area contributed by atoms with E-state index in [9.17, 15) is 4.79 Å². The zero-order valence-electron chi connectivity index (χ0n) is 9.56. The minimum atomic E-state index is 0.000716. The standard InChI is InChI=1S/C13H14N2O2/c16-12(13-6-3-7-17-13)8-15-9-14-10-4-1-2-5-11(10)15/h3,6-7,9H,1-2,4-5,8H2. The maximum Gasteiger partial charge on any atom is 0.217 e. The minimum absolute atomic E-state index is 0.000716. The van der Waals surface area contributed by atoms with Crippen molar-refractivity contribution < 1.29 is 9.21 Å². The van der Waals surface area contributed by atoms with Gasteiger partial charge in [0.05, 0.1) is 24.8 Å². The van der Waals surface area contributed by atoms with Gasteiger partial charge in [0.15, 0.2) is 5.76 Å². The minimum Gasteiger partial charge on any atom is -0.461 e. The Balaban J connectivity index is 1.81. The van der Waals surface area contributed by atoms with Gasteiger partial charge in [-0.25, -0.2) is 4.98 Å². The largest absolute Gasteiger partial charge is 0.461 e. The van der Waals surface area contributed by atoms with Gasteiger partial charge in [-0.3, -0.25) is 4.79 Å². The molecule has 4 heteroatoms. The molecule has 2 aromatic rings. The fourth-order valence-corrected chi connectivity index (χ4v) is 2.34. The highest BCUT2D eigenvalue weighted by Crippen LogP contribution is 2.20. The number of hydrogen-bond donors (Lipinski definition) is 0. The van der Waals surface area contributed by atoms with Crippen molar-refractivity contribution in [2.24, 2.45) is 0 Å². The van der Waals surface area contributed by atoms with Crippen molar-refractivity contribution in [2.45, 2.75) is 32.2 Å². The topological polar surface area (TPSA) is 48.0 Å². The normalized spacial score (nSPS) is 14.6. The lowest BCUT2D eigenvalue weighted by Crippen LogP contribution is -2.14. The fourth-order valence-electron chi connectivity index (χ4n) is 2.34. The van der Waals surface area contributed by atoms with Crippen molar-refractivity contribution in [3.05, 3.63) is 41.9 Å². The Morgan fingerprint density at radius 2 is 2.29 bits per heavy atom. The average Bonchev–Trinajstić information content (AvgIpc) is 2.98. The summed E-state index contributed by atoms with van der Waals surface area (Å²) in [6.07, 6.45) is 7.76. The third-order valence-electron chi connectivity index (χ3n) is 3.22. The van der Waals surface area contributed by atoms with Gasteiger partial charge in [0.25, 0.3) is 0 Å². The summed E-state index contributed by atoms with van der Waals surface area (Å²) in [6.45, 7) is 0.329. The Bertz CT molecular complexity index is 526. The van der Waals surface area contributed by atoms with E-state index >= 15 is 0 Å². The fraction of sp³-hybridized carbons (Fsp3) is 0.385.